The van der Waals surface area contributed by atoms with E-state index < -0.39 is 29.8 Å². The summed E-state index contributed by atoms with van der Waals surface area (Å²) in [6.07, 6.45) is -2.84. The first-order chi connectivity index (χ1) is 10.6. The molecule has 1 aliphatic rings. The minimum atomic E-state index is -1.48. The van der Waals surface area contributed by atoms with Crippen molar-refractivity contribution in [3.05, 3.63) is 71.8 Å². The molecular formula is C18H16O4. The van der Waals surface area contributed by atoms with Crippen LogP contribution in [0.4, 0.5) is 0 Å². The average Bonchev–Trinajstić information content (AvgIpc) is 2.80. The molecule has 1 aliphatic carbocycles. The van der Waals surface area contributed by atoms with Crippen LogP contribution in [0, 0.1) is 5.92 Å². The van der Waals surface area contributed by atoms with Crippen LogP contribution in [0.2, 0.25) is 0 Å². The number of hydrogen-bond donors (Lipinski definition) is 2. The molecule has 22 heavy (non-hydrogen) atoms. The van der Waals surface area contributed by atoms with E-state index in [9.17, 15) is 19.8 Å². The van der Waals surface area contributed by atoms with Crippen molar-refractivity contribution in [2.75, 3.05) is 0 Å². The SMILES string of the molecule is O=C1C(O)C(C(=O)c2ccccc2)C(c2ccccc2)C1O. The number of benzene rings is 2. The molecule has 1 fully saturated rings. The predicted octanol–water partition coefficient (Wildman–Crippen LogP) is 1.57. The first kappa shape index (κ1) is 14.6. The van der Waals surface area contributed by atoms with Crippen molar-refractivity contribution in [3.63, 3.8) is 0 Å². The maximum Gasteiger partial charge on any atom is 0.191 e. The van der Waals surface area contributed by atoms with Crippen LogP contribution < -0.4 is 0 Å². The van der Waals surface area contributed by atoms with Gasteiger partial charge in [-0.3, -0.25) is 9.59 Å². The molecule has 2 N–H and O–H groups in total. The van der Waals surface area contributed by atoms with Crippen LogP contribution in [0.5, 0.6) is 0 Å². The quantitative estimate of drug-likeness (QED) is 0.843. The van der Waals surface area contributed by atoms with E-state index in [4.69, 9.17) is 0 Å². The number of Topliss-reactive ketones (excluding diaryl/α,β-unsaturated/α-hetero) is 2. The summed E-state index contributed by atoms with van der Waals surface area (Å²) in [6, 6.07) is 17.4. The zero-order valence-corrected chi connectivity index (χ0v) is 11.8. The minimum Gasteiger partial charge on any atom is -0.385 e. The Labute approximate surface area is 128 Å². The van der Waals surface area contributed by atoms with Gasteiger partial charge in [-0.05, 0) is 5.56 Å². The van der Waals surface area contributed by atoms with Crippen molar-refractivity contribution in [2.24, 2.45) is 5.92 Å². The predicted molar refractivity (Wildman–Crippen MR) is 80.5 cm³/mol. The summed E-state index contributed by atoms with van der Waals surface area (Å²) in [4.78, 5) is 24.7. The van der Waals surface area contributed by atoms with Gasteiger partial charge in [0.1, 0.15) is 12.2 Å². The molecule has 112 valence electrons. The van der Waals surface area contributed by atoms with Crippen LogP contribution in [-0.2, 0) is 4.79 Å². The van der Waals surface area contributed by atoms with E-state index in [-0.39, 0.29) is 5.78 Å². The standard InChI is InChI=1S/C18H16O4/c19-15(12-9-5-2-6-10-12)14-13(11-7-3-1-4-8-11)16(20)18(22)17(14)21/h1-10,13-14,16-17,20-21H. The van der Waals surface area contributed by atoms with E-state index in [0.717, 1.165) is 0 Å². The van der Waals surface area contributed by atoms with Crippen molar-refractivity contribution in [3.8, 4) is 0 Å². The molecular weight excluding hydrogens is 280 g/mol. The zero-order valence-electron chi connectivity index (χ0n) is 11.8. The highest BCUT2D eigenvalue weighted by Crippen LogP contribution is 2.40. The fraction of sp³-hybridized carbons (Fsp3) is 0.222. The van der Waals surface area contributed by atoms with E-state index in [1.807, 2.05) is 6.07 Å². The molecule has 2 aromatic carbocycles. The van der Waals surface area contributed by atoms with Crippen molar-refractivity contribution in [1.29, 1.82) is 0 Å². The highest BCUT2D eigenvalue weighted by molar-refractivity contribution is 6.05. The molecule has 0 amide bonds. The van der Waals surface area contributed by atoms with E-state index >= 15 is 0 Å². The summed E-state index contributed by atoms with van der Waals surface area (Å²) in [5.74, 6) is -2.71. The van der Waals surface area contributed by atoms with Crippen LogP contribution >= 0.6 is 0 Å². The van der Waals surface area contributed by atoms with E-state index in [2.05, 4.69) is 0 Å². The Balaban J connectivity index is 2.03. The van der Waals surface area contributed by atoms with Gasteiger partial charge in [-0.2, -0.15) is 0 Å². The van der Waals surface area contributed by atoms with Gasteiger partial charge in [-0.1, -0.05) is 60.7 Å². The molecule has 0 aliphatic heterocycles. The lowest BCUT2D eigenvalue weighted by molar-refractivity contribution is -0.131. The third-order valence-electron chi connectivity index (χ3n) is 4.20. The van der Waals surface area contributed by atoms with Crippen molar-refractivity contribution < 1.29 is 19.8 Å². The molecule has 0 spiro atoms. The summed E-state index contributed by atoms with van der Waals surface area (Å²) in [6.45, 7) is 0. The number of carbonyl (C=O) groups excluding carboxylic acids is 2. The summed E-state index contributed by atoms with van der Waals surface area (Å²) in [5.41, 5.74) is 1.10. The van der Waals surface area contributed by atoms with Gasteiger partial charge in [-0.15, -0.1) is 0 Å². The summed E-state index contributed by atoms with van der Waals surface area (Å²) in [5, 5.41) is 20.3. The van der Waals surface area contributed by atoms with Gasteiger partial charge in [0.15, 0.2) is 11.6 Å². The van der Waals surface area contributed by atoms with Gasteiger partial charge in [0.05, 0.1) is 5.92 Å². The molecule has 4 atom stereocenters. The number of hydrogen-bond acceptors (Lipinski definition) is 4. The first-order valence-electron chi connectivity index (χ1n) is 7.15. The summed E-state index contributed by atoms with van der Waals surface area (Å²) >= 11 is 0. The Morgan fingerprint density at radius 3 is 1.95 bits per heavy atom. The van der Waals surface area contributed by atoms with Gasteiger partial charge in [0.2, 0.25) is 0 Å². The molecule has 0 radical (unpaired) electrons. The van der Waals surface area contributed by atoms with Crippen LogP contribution in [0.15, 0.2) is 60.7 Å². The molecule has 0 aromatic heterocycles. The monoisotopic (exact) mass is 296 g/mol. The largest absolute Gasteiger partial charge is 0.385 e. The molecule has 0 bridgehead atoms. The third-order valence-corrected chi connectivity index (χ3v) is 4.20. The van der Waals surface area contributed by atoms with Gasteiger partial charge >= 0.3 is 0 Å². The molecule has 4 unspecified atom stereocenters. The average molecular weight is 296 g/mol. The fourth-order valence-electron chi connectivity index (χ4n) is 3.09. The number of rotatable bonds is 3. The van der Waals surface area contributed by atoms with Crippen molar-refractivity contribution in [1.82, 2.24) is 0 Å². The fourth-order valence-corrected chi connectivity index (χ4v) is 3.09. The zero-order chi connectivity index (χ0) is 15.7. The van der Waals surface area contributed by atoms with Gasteiger partial charge in [0.25, 0.3) is 0 Å². The van der Waals surface area contributed by atoms with Crippen LogP contribution in [-0.4, -0.2) is 34.0 Å². The topological polar surface area (TPSA) is 74.6 Å². The van der Waals surface area contributed by atoms with Gasteiger partial charge < -0.3 is 10.2 Å². The summed E-state index contributed by atoms with van der Waals surface area (Å²) < 4.78 is 0. The Morgan fingerprint density at radius 2 is 1.36 bits per heavy atom. The highest BCUT2D eigenvalue weighted by atomic mass is 16.3. The second-order valence-electron chi connectivity index (χ2n) is 5.48. The smallest absolute Gasteiger partial charge is 0.191 e. The number of aliphatic hydroxyl groups excluding tert-OH is 2. The maximum absolute atomic E-state index is 12.7. The molecule has 4 heteroatoms. The van der Waals surface area contributed by atoms with Crippen LogP contribution in [0.3, 0.4) is 0 Å². The molecule has 0 heterocycles. The second kappa shape index (κ2) is 5.83. The number of aliphatic hydroxyl groups is 2. The Bertz CT molecular complexity index is 681. The van der Waals surface area contributed by atoms with Crippen molar-refractivity contribution >= 4 is 11.6 Å². The second-order valence-corrected chi connectivity index (χ2v) is 5.48. The molecule has 3 rings (SSSR count). The molecule has 2 aromatic rings. The third kappa shape index (κ3) is 2.36. The van der Waals surface area contributed by atoms with Gasteiger partial charge in [-0.25, -0.2) is 0 Å². The molecule has 0 saturated heterocycles. The number of carbonyl (C=O) groups is 2. The van der Waals surface area contributed by atoms with Crippen molar-refractivity contribution in [2.45, 2.75) is 18.1 Å². The lowest BCUT2D eigenvalue weighted by Crippen LogP contribution is -2.30. The molecule has 1 saturated carbocycles. The molecule has 4 nitrogen and oxygen atoms in total. The van der Waals surface area contributed by atoms with Crippen LogP contribution in [0.25, 0.3) is 0 Å². The van der Waals surface area contributed by atoms with Crippen LogP contribution in [0.1, 0.15) is 21.8 Å². The first-order valence-corrected chi connectivity index (χ1v) is 7.15. The Kier molecular flexibility index (Phi) is 3.88. The Morgan fingerprint density at radius 1 is 0.818 bits per heavy atom. The minimum absolute atomic E-state index is 0.327. The maximum atomic E-state index is 12.7. The van der Waals surface area contributed by atoms with E-state index in [0.29, 0.717) is 11.1 Å². The Hall–Kier alpha value is -2.30. The summed E-state index contributed by atoms with van der Waals surface area (Å²) in [7, 11) is 0. The lowest BCUT2D eigenvalue weighted by Gasteiger charge is -2.21. The highest BCUT2D eigenvalue weighted by Gasteiger charge is 2.52. The number of ketones is 2. The van der Waals surface area contributed by atoms with E-state index in [1.54, 1.807) is 54.6 Å². The van der Waals surface area contributed by atoms with E-state index in [1.165, 1.54) is 0 Å². The normalized spacial score (nSPS) is 27.8. The lowest BCUT2D eigenvalue weighted by atomic mass is 9.82. The van der Waals surface area contributed by atoms with Gasteiger partial charge in [0, 0.05) is 11.5 Å².